The fourth-order valence-corrected chi connectivity index (χ4v) is 2.55. The number of hydrogen-bond donors (Lipinski definition) is 3. The van der Waals surface area contributed by atoms with Gasteiger partial charge < -0.3 is 15.4 Å². The van der Waals surface area contributed by atoms with Crippen LogP contribution >= 0.6 is 11.8 Å². The van der Waals surface area contributed by atoms with Crippen molar-refractivity contribution in [3.8, 4) is 0 Å². The second kappa shape index (κ2) is 6.48. The number of carboxylic acids is 1. The summed E-state index contributed by atoms with van der Waals surface area (Å²) in [5.41, 5.74) is 1.33. The minimum atomic E-state index is -0.851. The number of carbonyl (C=O) groups is 1. The number of hydrogen-bond acceptors (Lipinski definition) is 6. The first kappa shape index (κ1) is 13.8. The molecule has 0 aromatic carbocycles. The Morgan fingerprint density at radius 1 is 1.53 bits per heavy atom. The van der Waals surface area contributed by atoms with E-state index in [0.29, 0.717) is 23.0 Å². The van der Waals surface area contributed by atoms with E-state index in [4.69, 9.17) is 5.11 Å². The molecule has 0 aliphatic heterocycles. The van der Waals surface area contributed by atoms with Gasteiger partial charge in [0.1, 0.15) is 22.9 Å². The van der Waals surface area contributed by atoms with Gasteiger partial charge in [0.25, 0.3) is 0 Å². The molecule has 0 spiro atoms. The van der Waals surface area contributed by atoms with E-state index >= 15 is 0 Å². The molecular formula is C11H15N5O2S. The molecule has 7 nitrogen and oxygen atoms in total. The SMILES string of the molecule is CCCNC(CSc1ncnc2nc[nH]c12)C(=O)O. The van der Waals surface area contributed by atoms with Gasteiger partial charge in [0.15, 0.2) is 5.65 Å². The first-order valence-electron chi connectivity index (χ1n) is 5.95. The zero-order valence-corrected chi connectivity index (χ0v) is 11.3. The molecule has 1 unspecified atom stereocenters. The summed E-state index contributed by atoms with van der Waals surface area (Å²) < 4.78 is 0. The summed E-state index contributed by atoms with van der Waals surface area (Å²) in [5.74, 6) is -0.448. The quantitative estimate of drug-likeness (QED) is 0.511. The summed E-state index contributed by atoms with van der Waals surface area (Å²) in [6.07, 6.45) is 3.88. The van der Waals surface area contributed by atoms with Crippen LogP contribution in [0.4, 0.5) is 0 Å². The molecule has 2 aromatic rings. The van der Waals surface area contributed by atoms with Crippen LogP contribution in [0.5, 0.6) is 0 Å². The van der Waals surface area contributed by atoms with Gasteiger partial charge in [-0.1, -0.05) is 6.92 Å². The minimum absolute atomic E-state index is 0.403. The summed E-state index contributed by atoms with van der Waals surface area (Å²) in [6.45, 7) is 2.68. The highest BCUT2D eigenvalue weighted by Gasteiger charge is 2.18. The highest BCUT2D eigenvalue weighted by molar-refractivity contribution is 7.99. The van der Waals surface area contributed by atoms with Gasteiger partial charge in [-0.2, -0.15) is 0 Å². The van der Waals surface area contributed by atoms with Crippen LogP contribution in [0.25, 0.3) is 11.2 Å². The van der Waals surface area contributed by atoms with Gasteiger partial charge in [-0.3, -0.25) is 4.79 Å². The summed E-state index contributed by atoms with van der Waals surface area (Å²) in [7, 11) is 0. The minimum Gasteiger partial charge on any atom is -0.480 e. The predicted octanol–water partition coefficient (Wildman–Crippen LogP) is 0.898. The van der Waals surface area contributed by atoms with Crippen LogP contribution in [-0.2, 0) is 4.79 Å². The van der Waals surface area contributed by atoms with Crippen LogP contribution in [0, 0.1) is 0 Å². The molecule has 1 atom stereocenters. The number of aliphatic carboxylic acids is 1. The Hall–Kier alpha value is -1.67. The van der Waals surface area contributed by atoms with Crippen molar-refractivity contribution in [3.63, 3.8) is 0 Å². The molecule has 3 N–H and O–H groups in total. The zero-order valence-electron chi connectivity index (χ0n) is 10.5. The molecule has 19 heavy (non-hydrogen) atoms. The van der Waals surface area contributed by atoms with Crippen LogP contribution in [0.2, 0.25) is 0 Å². The fraction of sp³-hybridized carbons (Fsp3) is 0.455. The van der Waals surface area contributed by atoms with E-state index in [1.54, 1.807) is 6.33 Å². The number of aromatic nitrogens is 4. The van der Waals surface area contributed by atoms with Gasteiger partial charge in [-0.15, -0.1) is 11.8 Å². The van der Waals surface area contributed by atoms with Crippen LogP contribution < -0.4 is 5.32 Å². The number of aromatic amines is 1. The second-order valence-electron chi connectivity index (χ2n) is 3.94. The van der Waals surface area contributed by atoms with Crippen molar-refractivity contribution in [2.24, 2.45) is 0 Å². The normalized spacial score (nSPS) is 12.7. The van der Waals surface area contributed by atoms with Crippen molar-refractivity contribution in [2.45, 2.75) is 24.4 Å². The van der Waals surface area contributed by atoms with E-state index in [9.17, 15) is 4.79 Å². The number of carboxylic acid groups (broad SMARTS) is 1. The monoisotopic (exact) mass is 281 g/mol. The number of imidazole rings is 1. The Morgan fingerprint density at radius 2 is 2.37 bits per heavy atom. The Labute approximate surface area is 114 Å². The Morgan fingerprint density at radius 3 is 3.11 bits per heavy atom. The molecular weight excluding hydrogens is 266 g/mol. The predicted molar refractivity (Wildman–Crippen MR) is 72.1 cm³/mol. The lowest BCUT2D eigenvalue weighted by Gasteiger charge is -2.12. The van der Waals surface area contributed by atoms with E-state index in [0.717, 1.165) is 11.9 Å². The lowest BCUT2D eigenvalue weighted by molar-refractivity contribution is -0.138. The molecule has 0 aliphatic rings. The van der Waals surface area contributed by atoms with Crippen LogP contribution in [0.3, 0.4) is 0 Å². The standard InChI is InChI=1S/C11H15N5O2S/c1-2-3-12-7(11(17)18)4-19-10-8-9(14-5-13-8)15-6-16-10/h5-7,12H,2-4H2,1H3,(H,17,18)(H,13,14,15,16). The lowest BCUT2D eigenvalue weighted by atomic mass is 10.3. The second-order valence-corrected chi connectivity index (χ2v) is 4.94. The van der Waals surface area contributed by atoms with Gasteiger partial charge in [0.05, 0.1) is 6.33 Å². The summed E-state index contributed by atoms with van der Waals surface area (Å²) in [4.78, 5) is 26.3. The zero-order chi connectivity index (χ0) is 13.7. The van der Waals surface area contributed by atoms with Crippen LogP contribution in [0.1, 0.15) is 13.3 Å². The van der Waals surface area contributed by atoms with Crippen molar-refractivity contribution in [1.82, 2.24) is 25.3 Å². The largest absolute Gasteiger partial charge is 0.480 e. The third-order valence-corrected chi connectivity index (χ3v) is 3.60. The number of H-pyrrole nitrogens is 1. The smallest absolute Gasteiger partial charge is 0.321 e. The van der Waals surface area contributed by atoms with E-state index in [2.05, 4.69) is 25.3 Å². The number of nitrogens with zero attached hydrogens (tertiary/aromatic N) is 3. The maximum atomic E-state index is 11.1. The van der Waals surface area contributed by atoms with Crippen molar-refractivity contribution in [1.29, 1.82) is 0 Å². The number of nitrogens with one attached hydrogen (secondary N) is 2. The summed E-state index contributed by atoms with van der Waals surface area (Å²) in [6, 6.07) is -0.585. The third-order valence-electron chi connectivity index (χ3n) is 2.51. The first-order chi connectivity index (χ1) is 9.22. The molecule has 0 fully saturated rings. The molecule has 0 saturated heterocycles. The number of fused-ring (bicyclic) bond motifs is 1. The van der Waals surface area contributed by atoms with E-state index in [-0.39, 0.29) is 0 Å². The van der Waals surface area contributed by atoms with Gasteiger partial charge in [0, 0.05) is 5.75 Å². The van der Waals surface area contributed by atoms with Crippen LogP contribution in [0.15, 0.2) is 17.7 Å². The highest BCUT2D eigenvalue weighted by atomic mass is 32.2. The maximum absolute atomic E-state index is 11.1. The third kappa shape index (κ3) is 3.42. The molecule has 0 saturated carbocycles. The molecule has 0 radical (unpaired) electrons. The van der Waals surface area contributed by atoms with Crippen molar-refractivity contribution in [2.75, 3.05) is 12.3 Å². The van der Waals surface area contributed by atoms with E-state index in [1.807, 2.05) is 6.92 Å². The van der Waals surface area contributed by atoms with Crippen LogP contribution in [-0.4, -0.2) is 49.4 Å². The van der Waals surface area contributed by atoms with Gasteiger partial charge >= 0.3 is 5.97 Å². The van der Waals surface area contributed by atoms with Crippen molar-refractivity contribution in [3.05, 3.63) is 12.7 Å². The van der Waals surface area contributed by atoms with Gasteiger partial charge in [0.2, 0.25) is 0 Å². The first-order valence-corrected chi connectivity index (χ1v) is 6.94. The van der Waals surface area contributed by atoms with Gasteiger partial charge in [-0.25, -0.2) is 15.0 Å². The molecule has 2 rings (SSSR count). The Balaban J connectivity index is 2.04. The Bertz CT molecular complexity index is 559. The van der Waals surface area contributed by atoms with Gasteiger partial charge in [-0.05, 0) is 13.0 Å². The highest BCUT2D eigenvalue weighted by Crippen LogP contribution is 2.22. The molecule has 102 valence electrons. The molecule has 0 aliphatic carbocycles. The fourth-order valence-electron chi connectivity index (χ4n) is 1.55. The maximum Gasteiger partial charge on any atom is 0.321 e. The number of rotatable bonds is 7. The lowest BCUT2D eigenvalue weighted by Crippen LogP contribution is -2.39. The topological polar surface area (TPSA) is 104 Å². The Kier molecular flexibility index (Phi) is 4.69. The molecule has 8 heteroatoms. The number of thioether (sulfide) groups is 1. The summed E-state index contributed by atoms with van der Waals surface area (Å²) >= 11 is 1.38. The summed E-state index contributed by atoms with van der Waals surface area (Å²) in [5, 5.41) is 12.8. The van der Waals surface area contributed by atoms with E-state index < -0.39 is 12.0 Å². The molecule has 0 bridgehead atoms. The van der Waals surface area contributed by atoms with Crippen molar-refractivity contribution >= 4 is 28.9 Å². The molecule has 2 heterocycles. The average Bonchev–Trinajstić information content (AvgIpc) is 2.87. The molecule has 2 aromatic heterocycles. The molecule has 0 amide bonds. The average molecular weight is 281 g/mol. The van der Waals surface area contributed by atoms with E-state index in [1.165, 1.54) is 18.1 Å². The van der Waals surface area contributed by atoms with Crippen molar-refractivity contribution < 1.29 is 9.90 Å².